The Morgan fingerprint density at radius 2 is 1.88 bits per heavy atom. The van der Waals surface area contributed by atoms with Gasteiger partial charge in [0, 0.05) is 17.8 Å². The van der Waals surface area contributed by atoms with Crippen molar-refractivity contribution in [1.82, 2.24) is 14.7 Å². The minimum atomic E-state index is -0.615. The van der Waals surface area contributed by atoms with Crippen molar-refractivity contribution in [2.24, 2.45) is 5.73 Å². The molecule has 0 saturated carbocycles. The van der Waals surface area contributed by atoms with E-state index in [-0.39, 0.29) is 24.9 Å². The monoisotopic (exact) mass is 430 g/mol. The lowest BCUT2D eigenvalue weighted by molar-refractivity contribution is 0.0997. The molecule has 3 N–H and O–H groups in total. The number of carbonyl (C=O) groups is 2. The van der Waals surface area contributed by atoms with E-state index in [2.05, 4.69) is 15.3 Å². The normalized spacial score (nSPS) is 13.9. The SMILES string of the molecule is [C-]#[N+]c1ccc(NC(=O)N2CCn3nc(-c4ccc5c(c4)OCO5)c(C(N)=O)c3C2)cc1. The molecule has 3 aromatic rings. The van der Waals surface area contributed by atoms with Gasteiger partial charge in [-0.1, -0.05) is 12.1 Å². The standard InChI is InChI=1S/C22H18N6O4/c1-24-14-3-5-15(6-4-14)25-22(30)27-8-9-28-16(11-27)19(21(23)29)20(26-28)13-2-7-17-18(10-13)32-12-31-17/h2-7,10H,8-9,11-12H2,(H2,23,29)(H,25,30). The Bertz CT molecular complexity index is 1270. The summed E-state index contributed by atoms with van der Waals surface area (Å²) in [5, 5.41) is 7.41. The first-order chi connectivity index (χ1) is 15.5. The topological polar surface area (TPSA) is 116 Å². The first-order valence-corrected chi connectivity index (χ1v) is 9.86. The van der Waals surface area contributed by atoms with Crippen LogP contribution < -0.4 is 20.5 Å². The fourth-order valence-corrected chi connectivity index (χ4v) is 3.82. The fourth-order valence-electron chi connectivity index (χ4n) is 3.82. The Morgan fingerprint density at radius 1 is 1.09 bits per heavy atom. The molecule has 2 aliphatic rings. The Morgan fingerprint density at radius 3 is 2.62 bits per heavy atom. The van der Waals surface area contributed by atoms with E-state index < -0.39 is 5.91 Å². The number of primary amides is 1. The van der Waals surface area contributed by atoms with Crippen LogP contribution in [0.15, 0.2) is 42.5 Å². The summed E-state index contributed by atoms with van der Waals surface area (Å²) in [4.78, 5) is 30.1. The van der Waals surface area contributed by atoms with Crippen molar-refractivity contribution in [3.8, 4) is 22.8 Å². The van der Waals surface area contributed by atoms with Crippen molar-refractivity contribution in [2.75, 3.05) is 18.7 Å². The molecule has 3 heterocycles. The molecule has 10 nitrogen and oxygen atoms in total. The number of nitrogens with two attached hydrogens (primary N) is 1. The summed E-state index contributed by atoms with van der Waals surface area (Å²) in [6.45, 7) is 8.17. The molecular weight excluding hydrogens is 412 g/mol. The van der Waals surface area contributed by atoms with Crippen molar-refractivity contribution in [3.63, 3.8) is 0 Å². The largest absolute Gasteiger partial charge is 0.454 e. The third kappa shape index (κ3) is 3.35. The summed E-state index contributed by atoms with van der Waals surface area (Å²) in [7, 11) is 0. The molecule has 1 aromatic heterocycles. The van der Waals surface area contributed by atoms with Crippen molar-refractivity contribution < 1.29 is 19.1 Å². The number of anilines is 1. The highest BCUT2D eigenvalue weighted by Gasteiger charge is 2.30. The van der Waals surface area contributed by atoms with E-state index in [4.69, 9.17) is 21.8 Å². The van der Waals surface area contributed by atoms with Gasteiger partial charge in [0.15, 0.2) is 17.2 Å². The molecule has 32 heavy (non-hydrogen) atoms. The van der Waals surface area contributed by atoms with Crippen LogP contribution in [0.25, 0.3) is 16.1 Å². The highest BCUT2D eigenvalue weighted by Crippen LogP contribution is 2.37. The first-order valence-electron chi connectivity index (χ1n) is 9.86. The van der Waals surface area contributed by atoms with E-state index >= 15 is 0 Å². The van der Waals surface area contributed by atoms with E-state index in [0.717, 1.165) is 0 Å². The van der Waals surface area contributed by atoms with Crippen molar-refractivity contribution in [3.05, 3.63) is 65.1 Å². The van der Waals surface area contributed by atoms with E-state index in [9.17, 15) is 9.59 Å². The van der Waals surface area contributed by atoms with Crippen LogP contribution in [0.4, 0.5) is 16.2 Å². The number of aromatic nitrogens is 2. The van der Waals surface area contributed by atoms with Crippen LogP contribution in [0.2, 0.25) is 0 Å². The maximum Gasteiger partial charge on any atom is 0.322 e. The van der Waals surface area contributed by atoms with E-state index in [1.807, 2.05) is 0 Å². The molecule has 5 rings (SSSR count). The number of carbonyl (C=O) groups excluding carboxylic acids is 2. The minimum Gasteiger partial charge on any atom is -0.454 e. The number of urea groups is 1. The van der Waals surface area contributed by atoms with Crippen molar-refractivity contribution in [2.45, 2.75) is 13.1 Å². The Hall–Kier alpha value is -4.52. The highest BCUT2D eigenvalue weighted by molar-refractivity contribution is 6.00. The van der Waals surface area contributed by atoms with E-state index in [1.165, 1.54) is 0 Å². The maximum absolute atomic E-state index is 12.8. The molecule has 2 aromatic carbocycles. The van der Waals surface area contributed by atoms with Gasteiger partial charge in [-0.05, 0) is 30.3 Å². The highest BCUT2D eigenvalue weighted by atomic mass is 16.7. The fraction of sp³-hybridized carbons (Fsp3) is 0.182. The molecular formula is C22H18N6O4. The van der Waals surface area contributed by atoms with E-state index in [1.54, 1.807) is 52.0 Å². The van der Waals surface area contributed by atoms with Crippen LogP contribution in [0.5, 0.6) is 11.5 Å². The quantitative estimate of drug-likeness (QED) is 0.620. The van der Waals surface area contributed by atoms with Gasteiger partial charge in [0.05, 0.1) is 30.9 Å². The zero-order chi connectivity index (χ0) is 22.2. The smallest absolute Gasteiger partial charge is 0.322 e. The summed E-state index contributed by atoms with van der Waals surface area (Å²) in [6, 6.07) is 11.6. The van der Waals surface area contributed by atoms with Crippen LogP contribution in [0, 0.1) is 6.57 Å². The minimum absolute atomic E-state index is 0.145. The van der Waals surface area contributed by atoms with Crippen LogP contribution >= 0.6 is 0 Å². The van der Waals surface area contributed by atoms with Gasteiger partial charge >= 0.3 is 6.03 Å². The zero-order valence-corrected chi connectivity index (χ0v) is 16.9. The summed E-state index contributed by atoms with van der Waals surface area (Å²) in [5.41, 5.74) is 8.78. The average molecular weight is 430 g/mol. The number of nitrogens with zero attached hydrogens (tertiary/aromatic N) is 4. The lowest BCUT2D eigenvalue weighted by atomic mass is 10.0. The van der Waals surface area contributed by atoms with Gasteiger partial charge in [-0.15, -0.1) is 0 Å². The summed E-state index contributed by atoms with van der Waals surface area (Å²) >= 11 is 0. The number of hydrogen-bond donors (Lipinski definition) is 2. The van der Waals surface area contributed by atoms with Gasteiger partial charge in [-0.25, -0.2) is 9.64 Å². The van der Waals surface area contributed by atoms with Crippen LogP contribution in [0.3, 0.4) is 0 Å². The number of nitrogens with one attached hydrogen (secondary N) is 1. The van der Waals surface area contributed by atoms with Gasteiger partial charge in [0.1, 0.15) is 5.69 Å². The van der Waals surface area contributed by atoms with Crippen LogP contribution in [-0.4, -0.2) is 40.0 Å². The van der Waals surface area contributed by atoms with Gasteiger partial charge in [0.2, 0.25) is 6.79 Å². The summed E-state index contributed by atoms with van der Waals surface area (Å²) in [6.07, 6.45) is 0. The van der Waals surface area contributed by atoms with Gasteiger partial charge in [-0.3, -0.25) is 9.48 Å². The molecule has 0 saturated heterocycles. The molecule has 10 heteroatoms. The molecule has 0 spiro atoms. The van der Waals surface area contributed by atoms with Crippen molar-refractivity contribution >= 4 is 23.3 Å². The summed E-state index contributed by atoms with van der Waals surface area (Å²) < 4.78 is 12.5. The average Bonchev–Trinajstić information content (AvgIpc) is 3.43. The predicted molar refractivity (Wildman–Crippen MR) is 114 cm³/mol. The second-order valence-electron chi connectivity index (χ2n) is 7.34. The number of amides is 3. The van der Waals surface area contributed by atoms with Crippen LogP contribution in [-0.2, 0) is 13.1 Å². The molecule has 2 aliphatic heterocycles. The lowest BCUT2D eigenvalue weighted by Gasteiger charge is -2.28. The molecule has 0 radical (unpaired) electrons. The van der Waals surface area contributed by atoms with Gasteiger partial charge < -0.3 is 25.4 Å². The number of hydrogen-bond acceptors (Lipinski definition) is 5. The molecule has 0 fully saturated rings. The first kappa shape index (κ1) is 19.4. The molecule has 0 atom stereocenters. The molecule has 160 valence electrons. The molecule has 0 bridgehead atoms. The Labute approximate surface area is 182 Å². The molecule has 0 aliphatic carbocycles. The second-order valence-corrected chi connectivity index (χ2v) is 7.34. The maximum atomic E-state index is 12.8. The van der Waals surface area contributed by atoms with Crippen LogP contribution in [0.1, 0.15) is 16.1 Å². The second kappa shape index (κ2) is 7.63. The number of fused-ring (bicyclic) bond motifs is 2. The molecule has 0 unspecified atom stereocenters. The number of benzene rings is 2. The zero-order valence-electron chi connectivity index (χ0n) is 16.9. The van der Waals surface area contributed by atoms with Gasteiger partial charge in [0.25, 0.3) is 5.91 Å². The molecule has 3 amide bonds. The Kier molecular flexibility index (Phi) is 4.63. The third-order valence-corrected chi connectivity index (χ3v) is 5.41. The third-order valence-electron chi connectivity index (χ3n) is 5.41. The number of ether oxygens (including phenoxy) is 2. The number of rotatable bonds is 3. The predicted octanol–water partition coefficient (Wildman–Crippen LogP) is 2.98. The van der Waals surface area contributed by atoms with Crippen molar-refractivity contribution in [1.29, 1.82) is 0 Å². The summed E-state index contributed by atoms with van der Waals surface area (Å²) in [5.74, 6) is 0.593. The van der Waals surface area contributed by atoms with Gasteiger partial charge in [-0.2, -0.15) is 5.10 Å². The lowest BCUT2D eigenvalue weighted by Crippen LogP contribution is -2.41. The Balaban J connectivity index is 1.42. The van der Waals surface area contributed by atoms with E-state index in [0.29, 0.717) is 52.9 Å².